The van der Waals surface area contributed by atoms with Crippen LogP contribution in [0.25, 0.3) is 6.08 Å². The zero-order chi connectivity index (χ0) is 19.7. The van der Waals surface area contributed by atoms with Crippen LogP contribution >= 0.6 is 0 Å². The fraction of sp³-hybridized carbons (Fsp3) is 0.125. The Kier molecular flexibility index (Phi) is 4.62. The van der Waals surface area contributed by atoms with E-state index < -0.39 is 6.10 Å². The van der Waals surface area contributed by atoms with Crippen molar-refractivity contribution >= 4 is 11.9 Å². The molecule has 28 heavy (non-hydrogen) atoms. The summed E-state index contributed by atoms with van der Waals surface area (Å²) in [6.45, 7) is 2.02. The molecule has 1 unspecified atom stereocenters. The molecule has 1 N–H and O–H groups in total. The molecule has 1 aliphatic rings. The molecule has 0 aliphatic carbocycles. The maximum Gasteiger partial charge on any atom is 0.196 e. The highest BCUT2D eigenvalue weighted by Gasteiger charge is 2.33. The van der Waals surface area contributed by atoms with Crippen LogP contribution in [-0.4, -0.2) is 18.0 Å². The summed E-state index contributed by atoms with van der Waals surface area (Å²) in [7, 11) is 1.61. The van der Waals surface area contributed by atoms with E-state index in [0.29, 0.717) is 16.9 Å². The van der Waals surface area contributed by atoms with Crippen LogP contribution in [0, 0.1) is 6.92 Å². The van der Waals surface area contributed by atoms with E-state index in [2.05, 4.69) is 0 Å². The molecular formula is C24H20O4. The number of hydrogen-bond donors (Lipinski definition) is 1. The van der Waals surface area contributed by atoms with Gasteiger partial charge in [0.2, 0.25) is 0 Å². The van der Waals surface area contributed by atoms with Gasteiger partial charge in [-0.05, 0) is 54.5 Å². The Morgan fingerprint density at radius 3 is 2.39 bits per heavy atom. The maximum absolute atomic E-state index is 13.3. The number of carbonyl (C=O) groups excluding carboxylic acids is 1. The van der Waals surface area contributed by atoms with Gasteiger partial charge in [0.25, 0.3) is 0 Å². The number of hydrogen-bond acceptors (Lipinski definition) is 4. The van der Waals surface area contributed by atoms with Gasteiger partial charge in [-0.15, -0.1) is 0 Å². The molecule has 4 rings (SSSR count). The van der Waals surface area contributed by atoms with Gasteiger partial charge in [0.05, 0.1) is 12.7 Å². The highest BCUT2D eigenvalue weighted by atomic mass is 16.5. The second-order valence-electron chi connectivity index (χ2n) is 6.79. The van der Waals surface area contributed by atoms with E-state index in [9.17, 15) is 9.90 Å². The lowest BCUT2D eigenvalue weighted by atomic mass is 9.89. The number of aryl methyl sites for hydroxylation is 1. The van der Waals surface area contributed by atoms with Gasteiger partial charge < -0.3 is 14.6 Å². The molecule has 0 radical (unpaired) electrons. The lowest BCUT2D eigenvalue weighted by molar-refractivity contribution is 0.0963. The van der Waals surface area contributed by atoms with Gasteiger partial charge in [0.15, 0.2) is 11.9 Å². The van der Waals surface area contributed by atoms with Crippen LogP contribution in [0.3, 0.4) is 0 Å². The van der Waals surface area contributed by atoms with E-state index in [4.69, 9.17) is 9.47 Å². The number of phenols is 1. The van der Waals surface area contributed by atoms with Crippen LogP contribution < -0.4 is 9.47 Å². The first kappa shape index (κ1) is 17.9. The first-order valence-electron chi connectivity index (χ1n) is 9.02. The minimum Gasteiger partial charge on any atom is -0.508 e. The van der Waals surface area contributed by atoms with Crippen LogP contribution in [0.2, 0.25) is 0 Å². The third kappa shape index (κ3) is 3.37. The number of Topliss-reactive ketones (excluding diaryl/α,β-unsaturated/α-hetero) is 1. The molecule has 1 aliphatic heterocycles. The Balaban J connectivity index is 1.83. The van der Waals surface area contributed by atoms with Gasteiger partial charge in [0, 0.05) is 5.57 Å². The third-order valence-electron chi connectivity index (χ3n) is 4.82. The van der Waals surface area contributed by atoms with Gasteiger partial charge >= 0.3 is 0 Å². The van der Waals surface area contributed by atoms with Crippen molar-refractivity contribution < 1.29 is 19.4 Å². The van der Waals surface area contributed by atoms with Crippen molar-refractivity contribution in [1.82, 2.24) is 0 Å². The quantitative estimate of drug-likeness (QED) is 0.649. The van der Waals surface area contributed by atoms with Gasteiger partial charge in [-0.1, -0.05) is 42.0 Å². The van der Waals surface area contributed by atoms with Gasteiger partial charge in [0.1, 0.15) is 17.2 Å². The molecular weight excluding hydrogens is 352 g/mol. The first-order chi connectivity index (χ1) is 13.5. The molecule has 0 saturated heterocycles. The number of phenolic OH excluding ortho intramolecular Hbond substituents is 1. The Labute approximate surface area is 163 Å². The summed E-state index contributed by atoms with van der Waals surface area (Å²) in [5.41, 5.74) is 3.80. The van der Waals surface area contributed by atoms with E-state index in [1.54, 1.807) is 13.2 Å². The fourth-order valence-electron chi connectivity index (χ4n) is 3.27. The Bertz CT molecular complexity index is 1050. The molecule has 1 atom stereocenters. The number of ether oxygens (including phenoxy) is 2. The largest absolute Gasteiger partial charge is 0.508 e. The van der Waals surface area contributed by atoms with Crippen LogP contribution in [0.5, 0.6) is 17.2 Å². The number of methoxy groups -OCH3 is 1. The topological polar surface area (TPSA) is 55.8 Å². The molecule has 1 heterocycles. The summed E-state index contributed by atoms with van der Waals surface area (Å²) >= 11 is 0. The van der Waals surface area contributed by atoms with Crippen LogP contribution in [0.1, 0.15) is 33.2 Å². The summed E-state index contributed by atoms with van der Waals surface area (Å²) in [6, 6.07) is 20.0. The maximum atomic E-state index is 13.3. The first-order valence-corrected chi connectivity index (χ1v) is 9.02. The van der Waals surface area contributed by atoms with Crippen molar-refractivity contribution in [1.29, 1.82) is 0 Å². The number of rotatable bonds is 3. The van der Waals surface area contributed by atoms with Crippen LogP contribution in [0.15, 0.2) is 72.3 Å². The summed E-state index contributed by atoms with van der Waals surface area (Å²) < 4.78 is 11.4. The van der Waals surface area contributed by atoms with E-state index in [-0.39, 0.29) is 11.5 Å². The average molecular weight is 372 g/mol. The molecule has 0 saturated carbocycles. The van der Waals surface area contributed by atoms with Crippen LogP contribution in [0.4, 0.5) is 0 Å². The number of fused-ring (bicyclic) bond motifs is 1. The average Bonchev–Trinajstić information content (AvgIpc) is 2.72. The zero-order valence-electron chi connectivity index (χ0n) is 15.7. The van der Waals surface area contributed by atoms with Crippen molar-refractivity contribution in [2.75, 3.05) is 7.11 Å². The second-order valence-corrected chi connectivity index (χ2v) is 6.79. The summed E-state index contributed by atoms with van der Waals surface area (Å²) in [5.74, 6) is 1.08. The predicted octanol–water partition coefficient (Wildman–Crippen LogP) is 5.11. The summed E-state index contributed by atoms with van der Waals surface area (Å²) in [6.07, 6.45) is 1.31. The van der Waals surface area contributed by atoms with E-state index in [0.717, 1.165) is 22.4 Å². The SMILES string of the molecule is COc1ccc(C2Oc3ccc(O)cc3C(=O)C2=Cc2ccc(C)cc2)cc1. The molecule has 4 nitrogen and oxygen atoms in total. The minimum absolute atomic E-state index is 0.0354. The van der Waals surface area contributed by atoms with E-state index in [1.807, 2.05) is 61.5 Å². The normalized spacial score (nSPS) is 17.1. The number of carbonyl (C=O) groups is 1. The molecule has 0 fully saturated rings. The van der Waals surface area contributed by atoms with E-state index in [1.165, 1.54) is 12.1 Å². The van der Waals surface area contributed by atoms with Crippen LogP contribution in [-0.2, 0) is 0 Å². The lowest BCUT2D eigenvalue weighted by Gasteiger charge is -2.28. The predicted molar refractivity (Wildman–Crippen MR) is 108 cm³/mol. The molecule has 0 aromatic heterocycles. The summed E-state index contributed by atoms with van der Waals surface area (Å²) in [5, 5.41) is 9.81. The highest BCUT2D eigenvalue weighted by Crippen LogP contribution is 2.40. The molecule has 0 bridgehead atoms. The van der Waals surface area contributed by atoms with Gasteiger partial charge in [-0.2, -0.15) is 0 Å². The smallest absolute Gasteiger partial charge is 0.196 e. The molecule has 140 valence electrons. The Morgan fingerprint density at radius 2 is 1.71 bits per heavy atom. The van der Waals surface area contributed by atoms with Gasteiger partial charge in [-0.3, -0.25) is 4.79 Å². The second kappa shape index (κ2) is 7.24. The standard InChI is InChI=1S/C24H20O4/c1-15-3-5-16(6-4-15)13-21-23(26)20-14-18(25)9-12-22(20)28-24(21)17-7-10-19(27-2)11-8-17/h3-14,24-25H,1-2H3. The number of aromatic hydroxyl groups is 1. The molecule has 3 aromatic carbocycles. The van der Waals surface area contributed by atoms with E-state index >= 15 is 0 Å². The molecule has 4 heteroatoms. The van der Waals surface area contributed by atoms with Crippen molar-refractivity contribution in [3.63, 3.8) is 0 Å². The number of ketones is 1. The number of benzene rings is 3. The fourth-order valence-corrected chi connectivity index (χ4v) is 3.27. The Morgan fingerprint density at radius 1 is 1.00 bits per heavy atom. The minimum atomic E-state index is -0.545. The monoisotopic (exact) mass is 372 g/mol. The molecule has 0 spiro atoms. The summed E-state index contributed by atoms with van der Waals surface area (Å²) in [4.78, 5) is 13.3. The van der Waals surface area contributed by atoms with Crippen molar-refractivity contribution in [3.8, 4) is 17.2 Å². The van der Waals surface area contributed by atoms with Gasteiger partial charge in [-0.25, -0.2) is 0 Å². The highest BCUT2D eigenvalue weighted by molar-refractivity contribution is 6.14. The Hall–Kier alpha value is -3.53. The third-order valence-corrected chi connectivity index (χ3v) is 4.82. The lowest BCUT2D eigenvalue weighted by Crippen LogP contribution is -2.23. The molecule has 0 amide bonds. The van der Waals surface area contributed by atoms with Crippen molar-refractivity contribution in [3.05, 3.63) is 94.6 Å². The van der Waals surface area contributed by atoms with Crippen molar-refractivity contribution in [2.24, 2.45) is 0 Å². The zero-order valence-corrected chi connectivity index (χ0v) is 15.7. The van der Waals surface area contributed by atoms with Crippen molar-refractivity contribution in [2.45, 2.75) is 13.0 Å². The molecule has 3 aromatic rings.